The second-order valence-electron chi connectivity index (χ2n) is 2.25. The summed E-state index contributed by atoms with van der Waals surface area (Å²) in [7, 11) is 0. The van der Waals surface area contributed by atoms with Crippen LogP contribution in [0.2, 0.25) is 10.0 Å². The monoisotopic (exact) mass is 238 g/mol. The molecule has 0 N–H and O–H groups in total. The van der Waals surface area contributed by atoms with Gasteiger partial charge in [0.2, 0.25) is 0 Å². The lowest BCUT2D eigenvalue weighted by Crippen LogP contribution is -2.04. The van der Waals surface area contributed by atoms with Crippen LogP contribution < -0.4 is 4.74 Å². The second kappa shape index (κ2) is 4.70. The minimum atomic E-state index is -0.573. The minimum Gasteiger partial charge on any atom is -0.484 e. The Hall–Kier alpha value is -0.440. The Balaban J connectivity index is 2.71. The van der Waals surface area contributed by atoms with Crippen LogP contribution in [0.4, 0.5) is 0 Å². The fourth-order valence-electron chi connectivity index (χ4n) is 0.752. The normalized spacial score (nSPS) is 9.77. The smallest absolute Gasteiger partial charge is 0.259 e. The highest BCUT2D eigenvalue weighted by Gasteiger charge is 2.01. The number of halogens is 3. The van der Waals surface area contributed by atoms with Gasteiger partial charge >= 0.3 is 0 Å². The standard InChI is InChI=1S/C8H5Cl3O2/c9-5-1-6(10)3-7(2-5)13-4-8(11)12/h1-3H,4H2. The van der Waals surface area contributed by atoms with Crippen molar-refractivity contribution in [3.8, 4) is 5.75 Å². The molecule has 70 valence electrons. The van der Waals surface area contributed by atoms with Gasteiger partial charge in [-0.2, -0.15) is 0 Å². The number of benzene rings is 1. The van der Waals surface area contributed by atoms with E-state index in [0.29, 0.717) is 15.8 Å². The van der Waals surface area contributed by atoms with Crippen molar-refractivity contribution >= 4 is 40.0 Å². The van der Waals surface area contributed by atoms with Crippen LogP contribution in [0.5, 0.6) is 5.75 Å². The van der Waals surface area contributed by atoms with Crippen molar-refractivity contribution in [2.45, 2.75) is 0 Å². The van der Waals surface area contributed by atoms with E-state index in [1.807, 2.05) is 0 Å². The molecule has 0 radical (unpaired) electrons. The third-order valence-electron chi connectivity index (χ3n) is 1.19. The first-order valence-corrected chi connectivity index (χ1v) is 4.48. The average molecular weight is 239 g/mol. The molecule has 0 bridgehead atoms. The van der Waals surface area contributed by atoms with Crippen LogP contribution in [0.15, 0.2) is 18.2 Å². The number of carbonyl (C=O) groups is 1. The lowest BCUT2D eigenvalue weighted by molar-refractivity contribution is -0.113. The van der Waals surface area contributed by atoms with Gasteiger partial charge in [-0.05, 0) is 29.8 Å². The minimum absolute atomic E-state index is 0.196. The molecule has 5 heteroatoms. The van der Waals surface area contributed by atoms with E-state index in [4.69, 9.17) is 39.5 Å². The van der Waals surface area contributed by atoms with Gasteiger partial charge < -0.3 is 4.74 Å². The van der Waals surface area contributed by atoms with Gasteiger partial charge in [0.1, 0.15) is 5.75 Å². The zero-order valence-corrected chi connectivity index (χ0v) is 8.66. The summed E-state index contributed by atoms with van der Waals surface area (Å²) in [5.41, 5.74) is 0. The predicted octanol–water partition coefficient (Wildman–Crippen LogP) is 3.14. The topological polar surface area (TPSA) is 26.3 Å². The number of rotatable bonds is 3. The zero-order valence-electron chi connectivity index (χ0n) is 6.39. The van der Waals surface area contributed by atoms with Crippen molar-refractivity contribution in [2.75, 3.05) is 6.61 Å². The molecule has 0 aliphatic heterocycles. The summed E-state index contributed by atoms with van der Waals surface area (Å²) >= 11 is 16.4. The molecule has 0 atom stereocenters. The SMILES string of the molecule is O=C(Cl)COc1cc(Cl)cc(Cl)c1. The van der Waals surface area contributed by atoms with Crippen LogP contribution in [-0.2, 0) is 4.79 Å². The summed E-state index contributed by atoms with van der Waals surface area (Å²) in [4.78, 5) is 10.4. The molecule has 0 saturated heterocycles. The van der Waals surface area contributed by atoms with Crippen LogP contribution in [0.1, 0.15) is 0 Å². The van der Waals surface area contributed by atoms with Crippen molar-refractivity contribution in [1.29, 1.82) is 0 Å². The maximum Gasteiger partial charge on any atom is 0.259 e. The zero-order chi connectivity index (χ0) is 9.84. The largest absolute Gasteiger partial charge is 0.484 e. The second-order valence-corrected chi connectivity index (χ2v) is 3.54. The van der Waals surface area contributed by atoms with Crippen molar-refractivity contribution in [3.63, 3.8) is 0 Å². The third-order valence-corrected chi connectivity index (χ3v) is 1.73. The van der Waals surface area contributed by atoms with E-state index in [0.717, 1.165) is 0 Å². The number of hydrogen-bond acceptors (Lipinski definition) is 2. The van der Waals surface area contributed by atoms with Crippen molar-refractivity contribution < 1.29 is 9.53 Å². The van der Waals surface area contributed by atoms with E-state index in [2.05, 4.69) is 0 Å². The molecule has 0 aliphatic carbocycles. The first kappa shape index (κ1) is 10.6. The molecular formula is C8H5Cl3O2. The van der Waals surface area contributed by atoms with E-state index in [9.17, 15) is 4.79 Å². The maximum absolute atomic E-state index is 10.4. The van der Waals surface area contributed by atoms with Gasteiger partial charge in [0.05, 0.1) is 0 Å². The molecule has 1 rings (SSSR count). The summed E-state index contributed by atoms with van der Waals surface area (Å²) < 4.78 is 4.98. The van der Waals surface area contributed by atoms with E-state index < -0.39 is 5.24 Å². The average Bonchev–Trinajstić information content (AvgIpc) is 1.99. The van der Waals surface area contributed by atoms with Crippen molar-refractivity contribution in [2.24, 2.45) is 0 Å². The van der Waals surface area contributed by atoms with E-state index in [1.54, 1.807) is 18.2 Å². The van der Waals surface area contributed by atoms with Crippen molar-refractivity contribution in [1.82, 2.24) is 0 Å². The Labute approximate surface area is 90.3 Å². The van der Waals surface area contributed by atoms with Gasteiger partial charge in [0.25, 0.3) is 5.24 Å². The number of hydrogen-bond donors (Lipinski definition) is 0. The van der Waals surface area contributed by atoms with Gasteiger partial charge in [-0.25, -0.2) is 0 Å². The molecular weight excluding hydrogens is 234 g/mol. The molecule has 0 amide bonds. The summed E-state index contributed by atoms with van der Waals surface area (Å²) in [5, 5.41) is 0.324. The molecule has 0 heterocycles. The Bertz CT molecular complexity index is 305. The Morgan fingerprint density at radius 2 is 1.77 bits per heavy atom. The lowest BCUT2D eigenvalue weighted by Gasteiger charge is -2.03. The molecule has 0 aliphatic rings. The fraction of sp³-hybridized carbons (Fsp3) is 0.125. The summed E-state index contributed by atoms with van der Waals surface area (Å²) in [5.74, 6) is 0.423. The van der Waals surface area contributed by atoms with Crippen LogP contribution in [0.25, 0.3) is 0 Å². The van der Waals surface area contributed by atoms with Gasteiger partial charge in [0.15, 0.2) is 6.61 Å². The van der Waals surface area contributed by atoms with Crippen LogP contribution >= 0.6 is 34.8 Å². The van der Waals surface area contributed by atoms with E-state index >= 15 is 0 Å². The van der Waals surface area contributed by atoms with Gasteiger partial charge in [-0.3, -0.25) is 4.79 Å². The molecule has 1 aromatic carbocycles. The van der Waals surface area contributed by atoms with Crippen LogP contribution in [0.3, 0.4) is 0 Å². The molecule has 0 aromatic heterocycles. The number of carbonyl (C=O) groups excluding carboxylic acids is 1. The quantitative estimate of drug-likeness (QED) is 0.758. The van der Waals surface area contributed by atoms with Gasteiger partial charge in [0, 0.05) is 10.0 Å². The Kier molecular flexibility index (Phi) is 3.85. The summed E-state index contributed by atoms with van der Waals surface area (Å²) in [6.45, 7) is -0.196. The first-order chi connectivity index (χ1) is 6.08. The fourth-order valence-corrected chi connectivity index (χ4v) is 1.31. The molecule has 0 unspecified atom stereocenters. The highest BCUT2D eigenvalue weighted by Crippen LogP contribution is 2.24. The highest BCUT2D eigenvalue weighted by molar-refractivity contribution is 6.63. The van der Waals surface area contributed by atoms with Gasteiger partial charge in [-0.1, -0.05) is 23.2 Å². The third kappa shape index (κ3) is 3.85. The highest BCUT2D eigenvalue weighted by atomic mass is 35.5. The van der Waals surface area contributed by atoms with Crippen molar-refractivity contribution in [3.05, 3.63) is 28.2 Å². The molecule has 1 aromatic rings. The molecule has 2 nitrogen and oxygen atoms in total. The van der Waals surface area contributed by atoms with E-state index in [1.165, 1.54) is 0 Å². The summed E-state index contributed by atoms with van der Waals surface area (Å²) in [6, 6.07) is 4.67. The summed E-state index contributed by atoms with van der Waals surface area (Å²) in [6.07, 6.45) is 0. The molecule has 0 fully saturated rings. The van der Waals surface area contributed by atoms with Crippen LogP contribution in [-0.4, -0.2) is 11.8 Å². The predicted molar refractivity (Wildman–Crippen MR) is 52.8 cm³/mol. The molecule has 0 spiro atoms. The molecule has 0 saturated carbocycles. The molecule has 13 heavy (non-hydrogen) atoms. The number of ether oxygens (including phenoxy) is 1. The van der Waals surface area contributed by atoms with Crippen LogP contribution in [0, 0.1) is 0 Å². The van der Waals surface area contributed by atoms with Gasteiger partial charge in [-0.15, -0.1) is 0 Å². The Morgan fingerprint density at radius 1 is 1.23 bits per heavy atom. The first-order valence-electron chi connectivity index (χ1n) is 3.35. The Morgan fingerprint density at radius 3 is 2.23 bits per heavy atom. The maximum atomic E-state index is 10.4. The van der Waals surface area contributed by atoms with E-state index in [-0.39, 0.29) is 6.61 Å². The lowest BCUT2D eigenvalue weighted by atomic mass is 10.3.